The average Bonchev–Trinajstić information content (AvgIpc) is 3.34. The quantitative estimate of drug-likeness (QED) is 0.310. The van der Waals surface area contributed by atoms with E-state index < -0.39 is 5.60 Å². The molecule has 1 aliphatic carbocycles. The monoisotopic (exact) mass is 516 g/mol. The molecule has 162 valence electrons. The molecule has 29 heavy (non-hydrogen) atoms. The Balaban J connectivity index is 0.00000300. The van der Waals surface area contributed by atoms with Gasteiger partial charge in [-0.05, 0) is 46.6 Å². The summed E-state index contributed by atoms with van der Waals surface area (Å²) in [5.74, 6) is 3.88. The van der Waals surface area contributed by atoms with Crippen LogP contribution >= 0.6 is 24.0 Å². The van der Waals surface area contributed by atoms with Crippen molar-refractivity contribution in [1.82, 2.24) is 25.4 Å². The molecule has 3 N–H and O–H groups in total. The van der Waals surface area contributed by atoms with E-state index in [1.54, 1.807) is 6.92 Å². The van der Waals surface area contributed by atoms with Crippen molar-refractivity contribution in [3.8, 4) is 0 Å². The number of aliphatic hydroxyl groups is 1. The first kappa shape index (κ1) is 23.7. The lowest BCUT2D eigenvalue weighted by Gasteiger charge is -2.26. The number of nitrogens with one attached hydrogen (secondary N) is 2. The van der Waals surface area contributed by atoms with Crippen LogP contribution in [0.5, 0.6) is 0 Å². The normalized spacial score (nSPS) is 17.1. The van der Waals surface area contributed by atoms with Gasteiger partial charge in [-0.25, -0.2) is 4.99 Å². The molecule has 1 unspecified atom stereocenters. The summed E-state index contributed by atoms with van der Waals surface area (Å²) in [6.07, 6.45) is 4.75. The number of nitrogens with zero attached hydrogens (tertiary/aromatic N) is 4. The molecule has 0 bridgehead atoms. The average molecular weight is 516 g/mol. The number of hydrogen-bond donors (Lipinski definition) is 3. The van der Waals surface area contributed by atoms with Crippen LogP contribution in [0.2, 0.25) is 0 Å². The maximum Gasteiger partial charge on any atom is 0.192 e. The van der Waals surface area contributed by atoms with Crippen LogP contribution in [0.15, 0.2) is 15.5 Å². The second-order valence-corrected chi connectivity index (χ2v) is 7.97. The van der Waals surface area contributed by atoms with Crippen molar-refractivity contribution < 1.29 is 9.52 Å². The molecule has 3 rings (SSSR count). The van der Waals surface area contributed by atoms with E-state index >= 15 is 0 Å². The highest BCUT2D eigenvalue weighted by molar-refractivity contribution is 14.0. The third-order valence-electron chi connectivity index (χ3n) is 5.48. The number of hydrogen-bond acceptors (Lipinski definition) is 5. The Bertz CT molecular complexity index is 836. The van der Waals surface area contributed by atoms with Gasteiger partial charge in [-0.3, -0.25) is 0 Å². The van der Waals surface area contributed by atoms with Gasteiger partial charge in [-0.15, -0.1) is 34.2 Å². The minimum atomic E-state index is -1.07. The molecule has 0 aliphatic heterocycles. The van der Waals surface area contributed by atoms with Crippen molar-refractivity contribution in [1.29, 1.82) is 0 Å². The van der Waals surface area contributed by atoms with Crippen LogP contribution in [0, 0.1) is 20.8 Å². The third kappa shape index (κ3) is 5.94. The first-order valence-corrected chi connectivity index (χ1v) is 9.96. The van der Waals surface area contributed by atoms with E-state index in [1.807, 2.05) is 38.5 Å². The summed E-state index contributed by atoms with van der Waals surface area (Å²) in [6, 6.07) is 2.30. The molecule has 1 fully saturated rings. The van der Waals surface area contributed by atoms with Gasteiger partial charge in [0.15, 0.2) is 11.8 Å². The standard InChI is InChI=1S/C20H32N6O2.HI/c1-13-10-17(14(2)28-13)20(4,27)12-22-19(23-16-8-6-7-9-16)21-11-18-25-24-15(3)26(18)5;/h10,16,27H,6-9,11-12H2,1-5H3,(H2,21,22,23);1H. The van der Waals surface area contributed by atoms with Crippen LogP contribution in [0.25, 0.3) is 0 Å². The van der Waals surface area contributed by atoms with Crippen molar-refractivity contribution >= 4 is 29.9 Å². The highest BCUT2D eigenvalue weighted by atomic mass is 127. The van der Waals surface area contributed by atoms with Crippen LogP contribution in [-0.4, -0.2) is 38.4 Å². The Morgan fingerprint density at radius 3 is 2.55 bits per heavy atom. The van der Waals surface area contributed by atoms with Crippen molar-refractivity contribution in [2.75, 3.05) is 6.54 Å². The SMILES string of the molecule is Cc1cc(C(C)(O)CNC(=NCc2nnc(C)n2C)NC2CCCC2)c(C)o1.I. The van der Waals surface area contributed by atoms with Crippen LogP contribution in [0.1, 0.15) is 61.3 Å². The molecule has 0 aromatic carbocycles. The van der Waals surface area contributed by atoms with Gasteiger partial charge in [-0.2, -0.15) is 0 Å². The number of aliphatic imine (C=N–C) groups is 1. The highest BCUT2D eigenvalue weighted by Gasteiger charge is 2.28. The molecule has 0 radical (unpaired) electrons. The molecule has 0 saturated heterocycles. The molecule has 2 aromatic heterocycles. The minimum absolute atomic E-state index is 0. The van der Waals surface area contributed by atoms with Crippen molar-refractivity contribution in [3.63, 3.8) is 0 Å². The molecule has 1 saturated carbocycles. The zero-order valence-electron chi connectivity index (χ0n) is 17.9. The maximum absolute atomic E-state index is 11.0. The first-order chi connectivity index (χ1) is 13.3. The molecule has 1 aliphatic rings. The Morgan fingerprint density at radius 1 is 1.31 bits per heavy atom. The summed E-state index contributed by atoms with van der Waals surface area (Å²) in [5.41, 5.74) is -0.275. The molecule has 0 amide bonds. The lowest BCUT2D eigenvalue weighted by Crippen LogP contribution is -2.47. The largest absolute Gasteiger partial charge is 0.466 e. The second kappa shape index (κ2) is 9.92. The van der Waals surface area contributed by atoms with Crippen LogP contribution in [0.4, 0.5) is 0 Å². The van der Waals surface area contributed by atoms with Gasteiger partial charge in [0.05, 0.1) is 6.54 Å². The fourth-order valence-corrected chi connectivity index (χ4v) is 3.67. The number of halogens is 1. The number of aromatic nitrogens is 3. The minimum Gasteiger partial charge on any atom is -0.466 e. The van der Waals surface area contributed by atoms with Gasteiger partial charge in [0, 0.05) is 18.7 Å². The molecule has 2 heterocycles. The predicted octanol–water partition coefficient (Wildman–Crippen LogP) is 2.84. The van der Waals surface area contributed by atoms with Crippen LogP contribution in [0.3, 0.4) is 0 Å². The highest BCUT2D eigenvalue weighted by Crippen LogP contribution is 2.26. The number of aryl methyl sites for hydroxylation is 3. The molecular weight excluding hydrogens is 483 g/mol. The first-order valence-electron chi connectivity index (χ1n) is 9.96. The van der Waals surface area contributed by atoms with Gasteiger partial charge in [0.25, 0.3) is 0 Å². The third-order valence-corrected chi connectivity index (χ3v) is 5.48. The summed E-state index contributed by atoms with van der Waals surface area (Å²) < 4.78 is 7.52. The van der Waals surface area contributed by atoms with Crippen LogP contribution in [-0.2, 0) is 19.2 Å². The van der Waals surface area contributed by atoms with E-state index in [9.17, 15) is 5.11 Å². The maximum atomic E-state index is 11.0. The molecule has 2 aromatic rings. The molecule has 0 spiro atoms. The summed E-state index contributed by atoms with van der Waals surface area (Å²) >= 11 is 0. The summed E-state index contributed by atoms with van der Waals surface area (Å²) in [4.78, 5) is 4.69. The van der Waals surface area contributed by atoms with Gasteiger partial charge in [0.1, 0.15) is 29.5 Å². The summed E-state index contributed by atoms with van der Waals surface area (Å²) in [6.45, 7) is 8.21. The van der Waals surface area contributed by atoms with E-state index in [4.69, 9.17) is 9.41 Å². The predicted molar refractivity (Wildman–Crippen MR) is 123 cm³/mol. The molecular formula is C20H33IN6O2. The zero-order chi connectivity index (χ0) is 20.3. The summed E-state index contributed by atoms with van der Waals surface area (Å²) in [7, 11) is 1.94. The smallest absolute Gasteiger partial charge is 0.192 e. The Hall–Kier alpha value is -1.62. The number of furan rings is 1. The van der Waals surface area contributed by atoms with Gasteiger partial charge in [-0.1, -0.05) is 12.8 Å². The lowest BCUT2D eigenvalue weighted by atomic mass is 9.96. The molecule has 8 nitrogen and oxygen atoms in total. The van der Waals surface area contributed by atoms with E-state index in [0.29, 0.717) is 25.1 Å². The fourth-order valence-electron chi connectivity index (χ4n) is 3.67. The number of rotatable bonds is 6. The summed E-state index contributed by atoms with van der Waals surface area (Å²) in [5, 5.41) is 26.1. The Kier molecular flexibility index (Phi) is 8.10. The molecule has 9 heteroatoms. The lowest BCUT2D eigenvalue weighted by molar-refractivity contribution is 0.0601. The van der Waals surface area contributed by atoms with Crippen LogP contribution < -0.4 is 10.6 Å². The Labute approximate surface area is 189 Å². The second-order valence-electron chi connectivity index (χ2n) is 7.97. The van der Waals surface area contributed by atoms with Gasteiger partial charge < -0.3 is 24.7 Å². The Morgan fingerprint density at radius 2 is 2.00 bits per heavy atom. The van der Waals surface area contributed by atoms with E-state index in [2.05, 4.69) is 20.8 Å². The zero-order valence-corrected chi connectivity index (χ0v) is 20.3. The van der Waals surface area contributed by atoms with E-state index in [0.717, 1.165) is 41.6 Å². The molecule has 1 atom stereocenters. The van der Waals surface area contributed by atoms with Gasteiger partial charge in [0.2, 0.25) is 0 Å². The van der Waals surface area contributed by atoms with Crippen molar-refractivity contribution in [3.05, 3.63) is 34.8 Å². The topological polar surface area (TPSA) is 101 Å². The van der Waals surface area contributed by atoms with Crippen molar-refractivity contribution in [2.24, 2.45) is 12.0 Å². The van der Waals surface area contributed by atoms with E-state index in [1.165, 1.54) is 12.8 Å². The van der Waals surface area contributed by atoms with Gasteiger partial charge >= 0.3 is 0 Å². The van der Waals surface area contributed by atoms with E-state index in [-0.39, 0.29) is 24.0 Å². The number of guanidine groups is 1. The fraction of sp³-hybridized carbons (Fsp3) is 0.650. The van der Waals surface area contributed by atoms with Crippen molar-refractivity contribution in [2.45, 2.75) is 71.6 Å².